The molecule has 0 atom stereocenters. The van der Waals surface area contributed by atoms with Gasteiger partial charge in [0, 0.05) is 24.7 Å². The minimum atomic E-state index is 0.264. The van der Waals surface area contributed by atoms with Crippen LogP contribution in [0.25, 0.3) is 11.4 Å². The van der Waals surface area contributed by atoms with Crippen molar-refractivity contribution in [1.29, 1.82) is 0 Å². The molecule has 0 aliphatic carbocycles. The molecule has 0 bridgehead atoms. The predicted molar refractivity (Wildman–Crippen MR) is 103 cm³/mol. The van der Waals surface area contributed by atoms with E-state index in [1.165, 1.54) is 12.8 Å². The second-order valence-corrected chi connectivity index (χ2v) is 7.61. The number of hydrogen-bond acceptors (Lipinski definition) is 4. The fraction of sp³-hybridized carbons (Fsp3) is 0.579. The molecule has 0 spiro atoms. The van der Waals surface area contributed by atoms with Crippen LogP contribution < -0.4 is 4.74 Å². The first-order chi connectivity index (χ1) is 12.0. The lowest BCUT2D eigenvalue weighted by atomic mass is 10.00. The van der Waals surface area contributed by atoms with Crippen LogP contribution in [0.2, 0.25) is 0 Å². The van der Waals surface area contributed by atoms with Crippen molar-refractivity contribution in [2.75, 3.05) is 20.2 Å². The van der Waals surface area contributed by atoms with Crippen molar-refractivity contribution in [3.63, 3.8) is 0 Å². The van der Waals surface area contributed by atoms with E-state index in [4.69, 9.17) is 22.1 Å². The lowest BCUT2D eigenvalue weighted by molar-refractivity contribution is 0.145. The number of ether oxygens (including phenoxy) is 1. The van der Waals surface area contributed by atoms with Gasteiger partial charge in [-0.1, -0.05) is 6.92 Å². The van der Waals surface area contributed by atoms with E-state index in [-0.39, 0.29) is 6.04 Å². The van der Waals surface area contributed by atoms with E-state index in [1.54, 1.807) is 7.11 Å². The summed E-state index contributed by atoms with van der Waals surface area (Å²) in [4.78, 5) is 2.45. The lowest BCUT2D eigenvalue weighted by Gasteiger charge is -2.29. The highest BCUT2D eigenvalue weighted by Crippen LogP contribution is 2.25. The van der Waals surface area contributed by atoms with Crippen LogP contribution in [0.4, 0.5) is 0 Å². The number of rotatable bonds is 5. The average Bonchev–Trinajstić information content (AvgIpc) is 2.93. The second-order valence-electron chi connectivity index (χ2n) is 7.24. The summed E-state index contributed by atoms with van der Waals surface area (Å²) in [5.74, 6) is 2.60. The van der Waals surface area contributed by atoms with Crippen LogP contribution in [0.3, 0.4) is 0 Å². The molecule has 1 saturated heterocycles. The van der Waals surface area contributed by atoms with E-state index < -0.39 is 0 Å². The number of hydrogen-bond donors (Lipinski definition) is 0. The van der Waals surface area contributed by atoms with Crippen LogP contribution in [0, 0.1) is 10.7 Å². The van der Waals surface area contributed by atoms with Gasteiger partial charge < -0.3 is 4.74 Å². The molecule has 1 aromatic heterocycles. The van der Waals surface area contributed by atoms with Crippen molar-refractivity contribution >= 4 is 12.2 Å². The molecular weight excluding hydrogens is 332 g/mol. The molecule has 5 nitrogen and oxygen atoms in total. The van der Waals surface area contributed by atoms with Gasteiger partial charge in [-0.15, -0.1) is 0 Å². The van der Waals surface area contributed by atoms with Gasteiger partial charge in [-0.2, -0.15) is 5.10 Å². The quantitative estimate of drug-likeness (QED) is 0.742. The van der Waals surface area contributed by atoms with Gasteiger partial charge in [-0.3, -0.25) is 9.47 Å². The zero-order chi connectivity index (χ0) is 18.0. The first-order valence-corrected chi connectivity index (χ1v) is 9.46. The molecule has 136 valence electrons. The average molecular weight is 361 g/mol. The number of aromatic nitrogens is 3. The Kier molecular flexibility index (Phi) is 5.59. The molecular formula is C19H28N4OS. The van der Waals surface area contributed by atoms with Gasteiger partial charge >= 0.3 is 0 Å². The zero-order valence-corrected chi connectivity index (χ0v) is 16.4. The summed E-state index contributed by atoms with van der Waals surface area (Å²) < 4.78 is 10.2. The van der Waals surface area contributed by atoms with Crippen molar-refractivity contribution in [3.8, 4) is 17.1 Å². The van der Waals surface area contributed by atoms with Gasteiger partial charge in [-0.05, 0) is 69.1 Å². The van der Waals surface area contributed by atoms with E-state index in [1.807, 2.05) is 28.9 Å². The molecule has 0 amide bonds. The summed E-state index contributed by atoms with van der Waals surface area (Å²) in [6.45, 7) is 9.65. The molecule has 2 heterocycles. The topological polar surface area (TPSA) is 35.2 Å². The van der Waals surface area contributed by atoms with Crippen molar-refractivity contribution in [1.82, 2.24) is 19.2 Å². The summed E-state index contributed by atoms with van der Waals surface area (Å²) in [6.07, 6.45) is 2.51. The van der Waals surface area contributed by atoms with Crippen molar-refractivity contribution in [3.05, 3.63) is 29.0 Å². The Labute approximate surface area is 155 Å². The first kappa shape index (κ1) is 18.1. The maximum absolute atomic E-state index is 5.74. The van der Waals surface area contributed by atoms with E-state index in [0.717, 1.165) is 47.6 Å². The third kappa shape index (κ3) is 3.96. The maximum Gasteiger partial charge on any atom is 0.199 e. The standard InChI is InChI=1S/C19H28N4OS/c1-14(2)23-18(16-5-7-17(24-4)8-6-16)20-22(19(23)25)13-21-11-9-15(3)10-12-21/h5-8,14-15H,9-13H2,1-4H3. The highest BCUT2D eigenvalue weighted by Gasteiger charge is 2.19. The van der Waals surface area contributed by atoms with Gasteiger partial charge in [0.05, 0.1) is 13.8 Å². The molecule has 2 aromatic rings. The molecule has 3 rings (SSSR count). The summed E-state index contributed by atoms with van der Waals surface area (Å²) in [5.41, 5.74) is 1.06. The summed E-state index contributed by atoms with van der Waals surface area (Å²) >= 11 is 5.74. The Hall–Kier alpha value is -1.66. The van der Waals surface area contributed by atoms with Crippen LogP contribution >= 0.6 is 12.2 Å². The number of likely N-dealkylation sites (tertiary alicyclic amines) is 1. The molecule has 1 fully saturated rings. The molecule has 6 heteroatoms. The van der Waals surface area contributed by atoms with E-state index >= 15 is 0 Å². The molecule has 1 aliphatic rings. The monoisotopic (exact) mass is 360 g/mol. The molecule has 0 radical (unpaired) electrons. The van der Waals surface area contributed by atoms with Gasteiger partial charge in [-0.25, -0.2) is 4.68 Å². The summed E-state index contributed by atoms with van der Waals surface area (Å²) in [5, 5.41) is 4.86. The minimum Gasteiger partial charge on any atom is -0.497 e. The van der Waals surface area contributed by atoms with Crippen molar-refractivity contribution in [2.45, 2.75) is 46.3 Å². The Morgan fingerprint density at radius 3 is 2.40 bits per heavy atom. The molecule has 0 N–H and O–H groups in total. The maximum atomic E-state index is 5.74. The third-order valence-corrected chi connectivity index (χ3v) is 5.35. The Morgan fingerprint density at radius 1 is 1.20 bits per heavy atom. The molecule has 0 saturated carbocycles. The van der Waals surface area contributed by atoms with Crippen LogP contribution in [-0.2, 0) is 6.67 Å². The SMILES string of the molecule is COc1ccc(-c2nn(CN3CCC(C)CC3)c(=S)n2C(C)C)cc1. The van der Waals surface area contributed by atoms with Crippen LogP contribution in [0.5, 0.6) is 5.75 Å². The predicted octanol–water partition coefficient (Wildman–Crippen LogP) is 4.36. The third-order valence-electron chi connectivity index (χ3n) is 4.95. The number of nitrogens with zero attached hydrogens (tertiary/aromatic N) is 4. The Balaban J connectivity index is 1.91. The molecule has 1 aliphatic heterocycles. The van der Waals surface area contributed by atoms with Gasteiger partial charge in [0.1, 0.15) is 5.75 Å². The number of benzene rings is 1. The largest absolute Gasteiger partial charge is 0.497 e. The van der Waals surface area contributed by atoms with Gasteiger partial charge in [0.2, 0.25) is 0 Å². The Morgan fingerprint density at radius 2 is 1.84 bits per heavy atom. The smallest absolute Gasteiger partial charge is 0.199 e. The fourth-order valence-corrected chi connectivity index (χ4v) is 3.70. The first-order valence-electron chi connectivity index (χ1n) is 9.05. The highest BCUT2D eigenvalue weighted by atomic mass is 32.1. The molecule has 25 heavy (non-hydrogen) atoms. The molecule has 0 unspecified atom stereocenters. The molecule has 1 aromatic carbocycles. The zero-order valence-electron chi connectivity index (χ0n) is 15.6. The Bertz CT molecular complexity index is 755. The highest BCUT2D eigenvalue weighted by molar-refractivity contribution is 7.71. The van der Waals surface area contributed by atoms with Gasteiger partial charge in [0.15, 0.2) is 10.6 Å². The normalized spacial score (nSPS) is 16.5. The summed E-state index contributed by atoms with van der Waals surface area (Å²) in [6, 6.07) is 8.28. The number of methoxy groups -OCH3 is 1. The second kappa shape index (κ2) is 7.70. The number of piperidine rings is 1. The van der Waals surface area contributed by atoms with E-state index in [0.29, 0.717) is 0 Å². The van der Waals surface area contributed by atoms with Crippen LogP contribution in [0.1, 0.15) is 39.7 Å². The van der Waals surface area contributed by atoms with Crippen LogP contribution in [-0.4, -0.2) is 39.4 Å². The summed E-state index contributed by atoms with van der Waals surface area (Å²) in [7, 11) is 1.68. The van der Waals surface area contributed by atoms with Gasteiger partial charge in [0.25, 0.3) is 0 Å². The minimum absolute atomic E-state index is 0.264. The van der Waals surface area contributed by atoms with E-state index in [2.05, 4.69) is 30.2 Å². The lowest BCUT2D eigenvalue weighted by Crippen LogP contribution is -2.34. The fourth-order valence-electron chi connectivity index (χ4n) is 3.31. The van der Waals surface area contributed by atoms with Crippen molar-refractivity contribution < 1.29 is 4.74 Å². The van der Waals surface area contributed by atoms with Crippen LogP contribution in [0.15, 0.2) is 24.3 Å². The van der Waals surface area contributed by atoms with Crippen molar-refractivity contribution in [2.24, 2.45) is 5.92 Å². The van der Waals surface area contributed by atoms with E-state index in [9.17, 15) is 0 Å².